The molecule has 0 unspecified atom stereocenters. The Balaban J connectivity index is 1.65. The number of hydrogen-bond donors (Lipinski definition) is 1. The Morgan fingerprint density at radius 3 is 2.41 bits per heavy atom. The molecule has 1 aromatic heterocycles. The quantitative estimate of drug-likeness (QED) is 0.639. The molecule has 0 radical (unpaired) electrons. The first-order valence-corrected chi connectivity index (χ1v) is 10.2. The number of para-hydroxylation sites is 1. The number of amides is 1. The van der Waals surface area contributed by atoms with Crippen LogP contribution in [0.25, 0.3) is 10.2 Å². The van der Waals surface area contributed by atoms with Crippen molar-refractivity contribution in [2.75, 3.05) is 13.6 Å². The summed E-state index contributed by atoms with van der Waals surface area (Å²) in [6.07, 6.45) is 0. The molecule has 3 rings (SSSR count). The molecule has 1 N–H and O–H groups in total. The highest BCUT2D eigenvalue weighted by Gasteiger charge is 2.22. The van der Waals surface area contributed by atoms with Gasteiger partial charge < -0.3 is 10.2 Å². The Morgan fingerprint density at radius 2 is 1.74 bits per heavy atom. The molecule has 2 aromatic carbocycles. The molecule has 5 heteroatoms. The summed E-state index contributed by atoms with van der Waals surface area (Å²) in [5, 5.41) is 4.41. The highest BCUT2D eigenvalue weighted by Crippen LogP contribution is 2.29. The molecule has 2 atom stereocenters. The lowest BCUT2D eigenvalue weighted by molar-refractivity contribution is -0.131. The summed E-state index contributed by atoms with van der Waals surface area (Å²) in [6.45, 7) is 6.68. The van der Waals surface area contributed by atoms with Gasteiger partial charge in [0.2, 0.25) is 5.91 Å². The number of hydrogen-bond acceptors (Lipinski definition) is 4. The number of nitrogens with one attached hydrogen (secondary N) is 1. The summed E-state index contributed by atoms with van der Waals surface area (Å²) >= 11 is 1.65. The maximum atomic E-state index is 12.8. The Kier molecular flexibility index (Phi) is 6.24. The second-order valence-electron chi connectivity index (χ2n) is 7.21. The molecule has 1 amide bonds. The fourth-order valence-electron chi connectivity index (χ4n) is 3.17. The molecule has 142 valence electrons. The van der Waals surface area contributed by atoms with Gasteiger partial charge in [-0.15, -0.1) is 11.3 Å². The Bertz CT molecular complexity index is 858. The van der Waals surface area contributed by atoms with Crippen molar-refractivity contribution in [2.24, 2.45) is 5.92 Å². The van der Waals surface area contributed by atoms with E-state index in [1.165, 1.54) is 5.56 Å². The maximum absolute atomic E-state index is 12.8. The lowest BCUT2D eigenvalue weighted by Gasteiger charge is -2.27. The van der Waals surface area contributed by atoms with Crippen LogP contribution in [0.15, 0.2) is 54.6 Å². The summed E-state index contributed by atoms with van der Waals surface area (Å²) in [5.41, 5.74) is 2.20. The molecule has 0 aliphatic rings. The minimum absolute atomic E-state index is 0.0501. The van der Waals surface area contributed by atoms with Crippen LogP contribution in [0.2, 0.25) is 0 Å². The van der Waals surface area contributed by atoms with Gasteiger partial charge >= 0.3 is 0 Å². The molecule has 3 aromatic rings. The third kappa shape index (κ3) is 4.54. The van der Waals surface area contributed by atoms with Crippen LogP contribution >= 0.6 is 11.3 Å². The van der Waals surface area contributed by atoms with Crippen LogP contribution in [0.4, 0.5) is 0 Å². The van der Waals surface area contributed by atoms with Crippen LogP contribution in [0.1, 0.15) is 43.4 Å². The molecule has 0 fully saturated rings. The molecule has 1 heterocycles. The summed E-state index contributed by atoms with van der Waals surface area (Å²) in [4.78, 5) is 19.2. The second kappa shape index (κ2) is 8.63. The Labute approximate surface area is 165 Å². The number of fused-ring (bicyclic) bond motifs is 1. The predicted molar refractivity (Wildman–Crippen MR) is 113 cm³/mol. The summed E-state index contributed by atoms with van der Waals surface area (Å²) in [6, 6.07) is 18.5. The summed E-state index contributed by atoms with van der Waals surface area (Å²) in [7, 11) is 1.85. The third-order valence-electron chi connectivity index (χ3n) is 4.94. The minimum atomic E-state index is -0.0501. The molecule has 27 heavy (non-hydrogen) atoms. The van der Waals surface area contributed by atoms with Gasteiger partial charge in [0.15, 0.2) is 0 Å². The van der Waals surface area contributed by atoms with E-state index < -0.39 is 0 Å². The predicted octanol–water partition coefficient (Wildman–Crippen LogP) is 4.80. The highest BCUT2D eigenvalue weighted by atomic mass is 32.1. The summed E-state index contributed by atoms with van der Waals surface area (Å²) in [5.74, 6) is 0.468. The van der Waals surface area contributed by atoms with Gasteiger partial charge in [0.1, 0.15) is 5.01 Å². The van der Waals surface area contributed by atoms with Crippen molar-refractivity contribution in [1.29, 1.82) is 0 Å². The number of nitrogens with zero attached hydrogens (tertiary/aromatic N) is 2. The van der Waals surface area contributed by atoms with E-state index in [2.05, 4.69) is 37.4 Å². The molecular weight excluding hydrogens is 354 g/mol. The average Bonchev–Trinajstić information content (AvgIpc) is 3.11. The average molecular weight is 382 g/mol. The van der Waals surface area contributed by atoms with Gasteiger partial charge in [-0.3, -0.25) is 4.79 Å². The minimum Gasteiger partial charge on any atom is -0.335 e. The number of carbonyl (C=O) groups excluding carboxylic acids is 1. The maximum Gasteiger partial charge on any atom is 0.236 e. The van der Waals surface area contributed by atoms with Crippen LogP contribution < -0.4 is 5.32 Å². The van der Waals surface area contributed by atoms with Gasteiger partial charge in [-0.1, -0.05) is 56.3 Å². The number of aromatic nitrogens is 1. The fraction of sp³-hybridized carbons (Fsp3) is 0.364. The third-order valence-corrected chi connectivity index (χ3v) is 6.15. The van der Waals surface area contributed by atoms with Crippen LogP contribution in [-0.2, 0) is 4.79 Å². The smallest absolute Gasteiger partial charge is 0.236 e. The van der Waals surface area contributed by atoms with Gasteiger partial charge in [-0.2, -0.15) is 0 Å². The van der Waals surface area contributed by atoms with E-state index in [9.17, 15) is 4.79 Å². The fourth-order valence-corrected chi connectivity index (χ4v) is 4.23. The van der Waals surface area contributed by atoms with Crippen molar-refractivity contribution >= 4 is 27.5 Å². The van der Waals surface area contributed by atoms with E-state index in [-0.39, 0.29) is 18.0 Å². The summed E-state index contributed by atoms with van der Waals surface area (Å²) < 4.78 is 1.15. The second-order valence-corrected chi connectivity index (χ2v) is 8.28. The molecule has 4 nitrogen and oxygen atoms in total. The molecular formula is C22H27N3OS. The van der Waals surface area contributed by atoms with E-state index in [0.717, 1.165) is 15.2 Å². The van der Waals surface area contributed by atoms with Crippen molar-refractivity contribution in [3.8, 4) is 0 Å². The first-order valence-electron chi connectivity index (χ1n) is 9.37. The van der Waals surface area contributed by atoms with Gasteiger partial charge in [0.05, 0.1) is 22.8 Å². The van der Waals surface area contributed by atoms with Crippen molar-refractivity contribution in [3.05, 3.63) is 65.2 Å². The van der Waals surface area contributed by atoms with E-state index in [4.69, 9.17) is 4.98 Å². The zero-order valence-electron chi connectivity index (χ0n) is 16.3. The van der Waals surface area contributed by atoms with Crippen molar-refractivity contribution in [3.63, 3.8) is 0 Å². The SMILES string of the molecule is CC(C)[C@H](NCC(=O)N(C)[C@@H](C)c1nc2ccccc2s1)c1ccccc1. The number of thiazole rings is 1. The first-order chi connectivity index (χ1) is 13.0. The monoisotopic (exact) mass is 381 g/mol. The number of rotatable bonds is 7. The number of carbonyl (C=O) groups is 1. The number of likely N-dealkylation sites (N-methyl/N-ethyl adjacent to an activating group) is 1. The highest BCUT2D eigenvalue weighted by molar-refractivity contribution is 7.18. The number of benzene rings is 2. The van der Waals surface area contributed by atoms with E-state index >= 15 is 0 Å². The molecule has 0 saturated heterocycles. The normalized spacial score (nSPS) is 13.7. The molecule has 0 aliphatic heterocycles. The molecule has 0 spiro atoms. The van der Waals surface area contributed by atoms with Crippen molar-refractivity contribution < 1.29 is 4.79 Å². The Morgan fingerprint density at radius 1 is 1.07 bits per heavy atom. The lowest BCUT2D eigenvalue weighted by atomic mass is 9.96. The van der Waals surface area contributed by atoms with Crippen LogP contribution in [0.3, 0.4) is 0 Å². The van der Waals surface area contributed by atoms with Crippen LogP contribution in [0.5, 0.6) is 0 Å². The van der Waals surface area contributed by atoms with Crippen LogP contribution in [0, 0.1) is 5.92 Å². The van der Waals surface area contributed by atoms with Crippen LogP contribution in [-0.4, -0.2) is 29.4 Å². The largest absolute Gasteiger partial charge is 0.335 e. The van der Waals surface area contributed by atoms with Gasteiger partial charge in [-0.05, 0) is 30.5 Å². The zero-order chi connectivity index (χ0) is 19.4. The van der Waals surface area contributed by atoms with E-state index in [0.29, 0.717) is 12.5 Å². The van der Waals surface area contributed by atoms with E-state index in [1.54, 1.807) is 16.2 Å². The van der Waals surface area contributed by atoms with Crippen molar-refractivity contribution in [2.45, 2.75) is 32.9 Å². The van der Waals surface area contributed by atoms with Gasteiger partial charge in [-0.25, -0.2) is 4.98 Å². The Hall–Kier alpha value is -2.24. The van der Waals surface area contributed by atoms with Gasteiger partial charge in [0, 0.05) is 13.1 Å². The first kappa shape index (κ1) is 19.5. The molecule has 0 saturated carbocycles. The molecule has 0 aliphatic carbocycles. The lowest BCUT2D eigenvalue weighted by Crippen LogP contribution is -2.39. The van der Waals surface area contributed by atoms with Gasteiger partial charge in [0.25, 0.3) is 0 Å². The molecule has 0 bridgehead atoms. The standard InChI is InChI=1S/C22H27N3OS/c1-15(2)21(17-10-6-5-7-11-17)23-14-20(26)25(4)16(3)22-24-18-12-8-9-13-19(18)27-22/h5-13,15-16,21,23H,14H2,1-4H3/t16-,21-/m0/s1. The van der Waals surface area contributed by atoms with E-state index in [1.807, 2.05) is 50.4 Å². The van der Waals surface area contributed by atoms with Crippen molar-refractivity contribution in [1.82, 2.24) is 15.2 Å². The zero-order valence-corrected chi connectivity index (χ0v) is 17.2. The topological polar surface area (TPSA) is 45.2 Å².